The number of H-pyrrole nitrogens is 1. The molecule has 10 heteroatoms. The van der Waals surface area contributed by atoms with Gasteiger partial charge in [0, 0.05) is 6.20 Å². The van der Waals surface area contributed by atoms with Gasteiger partial charge < -0.3 is 0 Å². The van der Waals surface area contributed by atoms with Gasteiger partial charge in [-0.3, -0.25) is 0 Å². The van der Waals surface area contributed by atoms with Crippen molar-refractivity contribution in [3.63, 3.8) is 0 Å². The lowest BCUT2D eigenvalue weighted by Crippen LogP contribution is -2.18. The van der Waals surface area contributed by atoms with Gasteiger partial charge in [-0.05, 0) is 28.6 Å². The summed E-state index contributed by atoms with van der Waals surface area (Å²) in [4.78, 5) is 11.5. The molecule has 7 nitrogen and oxygen atoms in total. The first-order valence-electron chi connectivity index (χ1n) is 5.70. The predicted octanol–water partition coefficient (Wildman–Crippen LogP) is 1.16. The quantitative estimate of drug-likeness (QED) is 0.769. The molecule has 0 unspecified atom stereocenters. The Hall–Kier alpha value is -2.91. The van der Waals surface area contributed by atoms with E-state index in [1.165, 1.54) is 12.1 Å². The monoisotopic (exact) mass is 296 g/mol. The van der Waals surface area contributed by atoms with Gasteiger partial charge >= 0.3 is 11.9 Å². The lowest BCUT2D eigenvalue weighted by atomic mass is 10.2. The number of halogens is 3. The molecule has 1 aromatic carbocycles. The van der Waals surface area contributed by atoms with Gasteiger partial charge in [0.1, 0.15) is 0 Å². The normalized spacial score (nSPS) is 11.8. The number of tetrazole rings is 1. The Bertz CT molecular complexity index is 831. The fourth-order valence-electron chi connectivity index (χ4n) is 1.80. The number of rotatable bonds is 2. The highest BCUT2D eigenvalue weighted by molar-refractivity contribution is 5.51. The molecule has 0 fully saturated rings. The van der Waals surface area contributed by atoms with Crippen molar-refractivity contribution >= 4 is 0 Å². The molecule has 2 heterocycles. The Labute approximate surface area is 114 Å². The molecule has 108 valence electrons. The largest absolute Gasteiger partial charge is 0.435 e. The van der Waals surface area contributed by atoms with Crippen molar-refractivity contribution in [1.82, 2.24) is 30.0 Å². The minimum atomic E-state index is -4.54. The first kappa shape index (κ1) is 13.1. The maximum atomic E-state index is 12.6. The number of nitrogens with zero attached hydrogens (tertiary/aromatic N) is 5. The molecule has 3 rings (SSSR count). The van der Waals surface area contributed by atoms with E-state index in [1.54, 1.807) is 12.1 Å². The van der Waals surface area contributed by atoms with Crippen LogP contribution in [0, 0.1) is 0 Å². The van der Waals surface area contributed by atoms with Gasteiger partial charge in [-0.1, -0.05) is 12.1 Å². The van der Waals surface area contributed by atoms with Crippen LogP contribution in [0.25, 0.3) is 11.4 Å². The molecular formula is C11H7F3N6O. The number of alkyl halides is 3. The van der Waals surface area contributed by atoms with Crippen LogP contribution in [0.3, 0.4) is 0 Å². The molecule has 0 saturated carbocycles. The molecular weight excluding hydrogens is 289 g/mol. The second kappa shape index (κ2) is 4.58. The smallest absolute Gasteiger partial charge is 0.244 e. The molecule has 0 spiro atoms. The van der Waals surface area contributed by atoms with Crippen LogP contribution < -0.4 is 5.69 Å². The van der Waals surface area contributed by atoms with Gasteiger partial charge in [0.25, 0.3) is 0 Å². The first-order valence-corrected chi connectivity index (χ1v) is 5.70. The number of aromatic nitrogens is 6. The van der Waals surface area contributed by atoms with Gasteiger partial charge in [0.2, 0.25) is 0 Å². The summed E-state index contributed by atoms with van der Waals surface area (Å²) in [5, 5.41) is 12.5. The Morgan fingerprint density at radius 3 is 2.38 bits per heavy atom. The van der Waals surface area contributed by atoms with Gasteiger partial charge in [0.05, 0.1) is 11.4 Å². The van der Waals surface area contributed by atoms with E-state index in [0.717, 1.165) is 21.6 Å². The molecule has 0 radical (unpaired) electrons. The molecule has 0 amide bonds. The summed E-state index contributed by atoms with van der Waals surface area (Å²) < 4.78 is 39.8. The number of hydrogen-bond acceptors (Lipinski definition) is 4. The average Bonchev–Trinajstić information content (AvgIpc) is 3.06. The Morgan fingerprint density at radius 1 is 1.10 bits per heavy atom. The van der Waals surface area contributed by atoms with E-state index in [9.17, 15) is 18.0 Å². The molecule has 0 aliphatic heterocycles. The van der Waals surface area contributed by atoms with Crippen molar-refractivity contribution in [2.45, 2.75) is 6.18 Å². The van der Waals surface area contributed by atoms with Crippen LogP contribution in [0.2, 0.25) is 0 Å². The third-order valence-corrected chi connectivity index (χ3v) is 2.71. The van der Waals surface area contributed by atoms with Crippen LogP contribution in [0.15, 0.2) is 41.3 Å². The van der Waals surface area contributed by atoms with Crippen LogP contribution in [0.5, 0.6) is 0 Å². The fraction of sp³-hybridized carbons (Fsp3) is 0.0909. The van der Waals surface area contributed by atoms with Gasteiger partial charge in [-0.25, -0.2) is 14.6 Å². The average molecular weight is 296 g/mol. The molecule has 21 heavy (non-hydrogen) atoms. The highest BCUT2D eigenvalue weighted by Gasteiger charge is 2.33. The van der Waals surface area contributed by atoms with Crippen molar-refractivity contribution in [2.75, 3.05) is 0 Å². The Balaban J connectivity index is 2.14. The number of benzene rings is 1. The second-order valence-corrected chi connectivity index (χ2v) is 4.05. The van der Waals surface area contributed by atoms with E-state index in [4.69, 9.17) is 0 Å². The van der Waals surface area contributed by atoms with E-state index in [0.29, 0.717) is 0 Å². The summed E-state index contributed by atoms with van der Waals surface area (Å²) in [5.41, 5.74) is -1.10. The van der Waals surface area contributed by atoms with Crippen molar-refractivity contribution in [1.29, 1.82) is 0 Å². The molecule has 3 aromatic rings. The third kappa shape index (κ3) is 2.30. The summed E-state index contributed by atoms with van der Waals surface area (Å²) in [6.07, 6.45) is -3.38. The van der Waals surface area contributed by atoms with Crippen molar-refractivity contribution in [2.24, 2.45) is 0 Å². The highest BCUT2D eigenvalue weighted by Crippen LogP contribution is 2.28. The summed E-state index contributed by atoms with van der Waals surface area (Å²) in [7, 11) is 0. The van der Waals surface area contributed by atoms with Gasteiger partial charge in [-0.2, -0.15) is 23.0 Å². The zero-order chi connectivity index (χ0) is 15.0. The van der Waals surface area contributed by atoms with Crippen LogP contribution in [0.4, 0.5) is 13.2 Å². The van der Waals surface area contributed by atoms with E-state index in [-0.39, 0.29) is 11.4 Å². The van der Waals surface area contributed by atoms with Crippen LogP contribution in [-0.4, -0.2) is 30.0 Å². The Kier molecular flexibility index (Phi) is 2.85. The number of aromatic amines is 1. The van der Waals surface area contributed by atoms with E-state index in [1.807, 2.05) is 0 Å². The summed E-state index contributed by atoms with van der Waals surface area (Å²) in [6, 6.07) is 7.12. The molecule has 0 bridgehead atoms. The van der Waals surface area contributed by atoms with Crippen LogP contribution in [-0.2, 0) is 6.18 Å². The SMILES string of the molecule is O=c1[nH]nnn1-c1ccccc1-n1ccc(C(F)(F)F)n1. The van der Waals surface area contributed by atoms with E-state index >= 15 is 0 Å². The molecule has 0 saturated heterocycles. The number of nitrogens with one attached hydrogen (secondary N) is 1. The standard InChI is InChI=1S/C11H7F3N6O/c12-11(13,14)9-5-6-19(16-9)7-3-1-2-4-8(7)20-10(21)15-17-18-20/h1-6H,(H,15,18,21). The van der Waals surface area contributed by atoms with Crippen LogP contribution >= 0.6 is 0 Å². The summed E-state index contributed by atoms with van der Waals surface area (Å²) in [5.74, 6) is 0. The zero-order valence-electron chi connectivity index (χ0n) is 10.2. The molecule has 0 aliphatic carbocycles. The molecule has 0 atom stereocenters. The second-order valence-electron chi connectivity index (χ2n) is 4.05. The van der Waals surface area contributed by atoms with Gasteiger partial charge in [0.15, 0.2) is 5.69 Å². The maximum Gasteiger partial charge on any atom is 0.435 e. The summed E-state index contributed by atoms with van der Waals surface area (Å²) >= 11 is 0. The summed E-state index contributed by atoms with van der Waals surface area (Å²) in [6.45, 7) is 0. The highest BCUT2D eigenvalue weighted by atomic mass is 19.4. The first-order chi connectivity index (χ1) is 9.97. The minimum Gasteiger partial charge on any atom is -0.244 e. The Morgan fingerprint density at radius 2 is 1.81 bits per heavy atom. The number of para-hydroxylation sites is 2. The van der Waals surface area contributed by atoms with E-state index in [2.05, 4.69) is 20.6 Å². The molecule has 1 N–H and O–H groups in total. The molecule has 2 aromatic heterocycles. The topological polar surface area (TPSA) is 81.4 Å². The molecule has 0 aliphatic rings. The fourth-order valence-corrected chi connectivity index (χ4v) is 1.80. The minimum absolute atomic E-state index is 0.257. The lowest BCUT2D eigenvalue weighted by molar-refractivity contribution is -0.141. The van der Waals surface area contributed by atoms with Crippen molar-refractivity contribution < 1.29 is 13.2 Å². The van der Waals surface area contributed by atoms with Crippen LogP contribution in [0.1, 0.15) is 5.69 Å². The third-order valence-electron chi connectivity index (χ3n) is 2.71. The van der Waals surface area contributed by atoms with Crippen molar-refractivity contribution in [3.8, 4) is 11.4 Å². The maximum absolute atomic E-state index is 12.6. The predicted molar refractivity (Wildman–Crippen MR) is 64.1 cm³/mol. The van der Waals surface area contributed by atoms with Gasteiger partial charge in [-0.15, -0.1) is 0 Å². The zero-order valence-corrected chi connectivity index (χ0v) is 10.2. The van der Waals surface area contributed by atoms with E-state index < -0.39 is 17.6 Å². The lowest BCUT2D eigenvalue weighted by Gasteiger charge is -2.08. The van der Waals surface area contributed by atoms with Crippen molar-refractivity contribution in [3.05, 3.63) is 52.7 Å². The number of hydrogen-bond donors (Lipinski definition) is 1.